The molecular formula is C21H42N4O2. The topological polar surface area (TPSA) is 55.9 Å². The Morgan fingerprint density at radius 2 is 1.48 bits per heavy atom. The molecule has 158 valence electrons. The molecule has 2 amide bonds. The normalized spacial score (nSPS) is 27.7. The summed E-state index contributed by atoms with van der Waals surface area (Å²) in [4.78, 5) is 30.0. The molecule has 0 aromatic heterocycles. The van der Waals surface area contributed by atoms with E-state index in [1.807, 2.05) is 27.7 Å². The van der Waals surface area contributed by atoms with Crippen LogP contribution in [0.3, 0.4) is 0 Å². The van der Waals surface area contributed by atoms with Crippen molar-refractivity contribution in [3.63, 3.8) is 0 Å². The number of likely N-dealkylation sites (N-methyl/N-ethyl adjacent to an activating group) is 1. The first-order valence-corrected chi connectivity index (χ1v) is 11.1. The van der Waals surface area contributed by atoms with Crippen LogP contribution in [-0.4, -0.2) is 85.4 Å². The van der Waals surface area contributed by atoms with Gasteiger partial charge in [-0.2, -0.15) is 0 Å². The van der Waals surface area contributed by atoms with Crippen molar-refractivity contribution in [3.8, 4) is 0 Å². The standard InChI is InChI=1S/C17H30N4O2.2C2H6/c1-2-19-5-7-20(8-6-19)4-3-17(23)21-11-14-9-16(18-13-22)10-15(14)12-21;2*1-2/h13-16H,2-12H2,1H3,(H,18,22);2*1-2H3. The molecule has 0 aromatic carbocycles. The molecule has 2 heterocycles. The van der Waals surface area contributed by atoms with Crippen molar-refractivity contribution in [2.75, 3.05) is 52.4 Å². The Bertz CT molecular complexity index is 410. The zero-order valence-electron chi connectivity index (χ0n) is 18.2. The molecule has 0 aromatic rings. The lowest BCUT2D eigenvalue weighted by Crippen LogP contribution is -2.47. The molecule has 2 aliphatic heterocycles. The van der Waals surface area contributed by atoms with E-state index < -0.39 is 0 Å². The van der Waals surface area contributed by atoms with Gasteiger partial charge in [0.15, 0.2) is 0 Å². The third-order valence-corrected chi connectivity index (χ3v) is 5.96. The van der Waals surface area contributed by atoms with E-state index in [0.29, 0.717) is 30.2 Å². The number of likely N-dealkylation sites (tertiary alicyclic amines) is 1. The maximum absolute atomic E-state index is 12.5. The minimum absolute atomic E-state index is 0.317. The van der Waals surface area contributed by atoms with Crippen LogP contribution in [-0.2, 0) is 9.59 Å². The van der Waals surface area contributed by atoms with Gasteiger partial charge in [-0.05, 0) is 31.2 Å². The SMILES string of the molecule is CC.CC.CCN1CCN(CCC(=O)N2CC3CC(NC=O)CC3C2)CC1. The van der Waals surface area contributed by atoms with Crippen molar-refractivity contribution in [1.82, 2.24) is 20.0 Å². The number of amides is 2. The third kappa shape index (κ3) is 7.07. The molecule has 1 saturated carbocycles. The van der Waals surface area contributed by atoms with E-state index in [2.05, 4.69) is 26.9 Å². The van der Waals surface area contributed by atoms with Crippen LogP contribution >= 0.6 is 0 Å². The number of hydrogen-bond donors (Lipinski definition) is 1. The fourth-order valence-corrected chi connectivity index (χ4v) is 4.48. The number of carbonyl (C=O) groups excluding carboxylic acids is 2. The second kappa shape index (κ2) is 13.1. The van der Waals surface area contributed by atoms with Gasteiger partial charge in [-0.3, -0.25) is 9.59 Å². The summed E-state index contributed by atoms with van der Waals surface area (Å²) < 4.78 is 0. The molecule has 0 spiro atoms. The minimum atomic E-state index is 0.317. The second-order valence-electron chi connectivity index (χ2n) is 7.30. The van der Waals surface area contributed by atoms with Gasteiger partial charge in [-0.25, -0.2) is 0 Å². The molecule has 3 rings (SSSR count). The van der Waals surface area contributed by atoms with E-state index in [0.717, 1.165) is 71.6 Å². The van der Waals surface area contributed by atoms with Crippen LogP contribution in [0.4, 0.5) is 0 Å². The molecule has 1 N–H and O–H groups in total. The molecule has 3 aliphatic rings. The van der Waals surface area contributed by atoms with Gasteiger partial charge in [0.05, 0.1) is 0 Å². The highest BCUT2D eigenvalue weighted by Gasteiger charge is 2.42. The maximum atomic E-state index is 12.5. The Morgan fingerprint density at radius 3 is 1.96 bits per heavy atom. The summed E-state index contributed by atoms with van der Waals surface area (Å²) in [6.07, 6.45) is 3.53. The smallest absolute Gasteiger partial charge is 0.223 e. The number of nitrogens with one attached hydrogen (secondary N) is 1. The molecule has 2 saturated heterocycles. The van der Waals surface area contributed by atoms with Gasteiger partial charge in [0.1, 0.15) is 0 Å². The number of carbonyl (C=O) groups is 2. The molecule has 2 unspecified atom stereocenters. The summed E-state index contributed by atoms with van der Waals surface area (Å²) >= 11 is 0. The molecule has 27 heavy (non-hydrogen) atoms. The van der Waals surface area contributed by atoms with E-state index in [1.165, 1.54) is 0 Å². The van der Waals surface area contributed by atoms with Gasteiger partial charge in [-0.15, -0.1) is 0 Å². The van der Waals surface area contributed by atoms with E-state index in [4.69, 9.17) is 0 Å². The highest BCUT2D eigenvalue weighted by Crippen LogP contribution is 2.38. The van der Waals surface area contributed by atoms with Crippen molar-refractivity contribution in [2.45, 2.75) is 59.9 Å². The first kappa shape index (κ1) is 23.9. The monoisotopic (exact) mass is 382 g/mol. The number of hydrogen-bond acceptors (Lipinski definition) is 4. The first-order chi connectivity index (χ1) is 13.2. The number of piperazine rings is 1. The van der Waals surface area contributed by atoms with Crippen molar-refractivity contribution >= 4 is 12.3 Å². The maximum Gasteiger partial charge on any atom is 0.223 e. The number of rotatable bonds is 6. The average molecular weight is 383 g/mol. The van der Waals surface area contributed by atoms with Gasteiger partial charge in [0.2, 0.25) is 12.3 Å². The largest absolute Gasteiger partial charge is 0.356 e. The summed E-state index contributed by atoms with van der Waals surface area (Å²) in [5, 5.41) is 2.90. The molecule has 0 bridgehead atoms. The van der Waals surface area contributed by atoms with E-state index >= 15 is 0 Å². The Kier molecular flexibility index (Phi) is 11.6. The quantitative estimate of drug-likeness (QED) is 0.715. The van der Waals surface area contributed by atoms with Crippen LogP contribution < -0.4 is 5.32 Å². The van der Waals surface area contributed by atoms with Crippen molar-refractivity contribution in [2.24, 2.45) is 11.8 Å². The molecule has 2 atom stereocenters. The fourth-order valence-electron chi connectivity index (χ4n) is 4.48. The molecule has 6 nitrogen and oxygen atoms in total. The van der Waals surface area contributed by atoms with E-state index in [-0.39, 0.29) is 0 Å². The third-order valence-electron chi connectivity index (χ3n) is 5.96. The highest BCUT2D eigenvalue weighted by molar-refractivity contribution is 5.76. The molecule has 1 aliphatic carbocycles. The minimum Gasteiger partial charge on any atom is -0.356 e. The first-order valence-electron chi connectivity index (χ1n) is 11.1. The van der Waals surface area contributed by atoms with E-state index in [9.17, 15) is 9.59 Å². The predicted octanol–water partition coefficient (Wildman–Crippen LogP) is 2.05. The van der Waals surface area contributed by atoms with Crippen LogP contribution in [0.15, 0.2) is 0 Å². The van der Waals surface area contributed by atoms with Gasteiger partial charge >= 0.3 is 0 Å². The summed E-state index contributed by atoms with van der Waals surface area (Å²) in [6.45, 7) is 18.5. The zero-order valence-corrected chi connectivity index (χ0v) is 18.2. The summed E-state index contributed by atoms with van der Waals surface area (Å²) in [5.41, 5.74) is 0. The van der Waals surface area contributed by atoms with Gasteiger partial charge in [0, 0.05) is 58.3 Å². The molecule has 6 heteroatoms. The average Bonchev–Trinajstić information content (AvgIpc) is 3.29. The van der Waals surface area contributed by atoms with Crippen LogP contribution in [0, 0.1) is 11.8 Å². The van der Waals surface area contributed by atoms with Crippen molar-refractivity contribution in [3.05, 3.63) is 0 Å². The van der Waals surface area contributed by atoms with Crippen LogP contribution in [0.25, 0.3) is 0 Å². The summed E-state index contributed by atoms with van der Waals surface area (Å²) in [5.74, 6) is 1.49. The number of nitrogens with zero attached hydrogens (tertiary/aromatic N) is 3. The van der Waals surface area contributed by atoms with Gasteiger partial charge in [-0.1, -0.05) is 34.6 Å². The Balaban J connectivity index is 0.000000855. The Hall–Kier alpha value is -1.14. The lowest BCUT2D eigenvalue weighted by molar-refractivity contribution is -0.131. The predicted molar refractivity (Wildman–Crippen MR) is 112 cm³/mol. The lowest BCUT2D eigenvalue weighted by atomic mass is 10.0. The molecular weight excluding hydrogens is 340 g/mol. The van der Waals surface area contributed by atoms with Crippen molar-refractivity contribution in [1.29, 1.82) is 0 Å². The molecule has 3 fully saturated rings. The van der Waals surface area contributed by atoms with Gasteiger partial charge in [0.25, 0.3) is 0 Å². The number of fused-ring (bicyclic) bond motifs is 1. The Labute approximate surface area is 166 Å². The summed E-state index contributed by atoms with van der Waals surface area (Å²) in [6, 6.07) is 0.328. The van der Waals surface area contributed by atoms with Crippen molar-refractivity contribution < 1.29 is 9.59 Å². The highest BCUT2D eigenvalue weighted by atomic mass is 16.2. The second-order valence-corrected chi connectivity index (χ2v) is 7.30. The van der Waals surface area contributed by atoms with E-state index in [1.54, 1.807) is 0 Å². The fraction of sp³-hybridized carbons (Fsp3) is 0.905. The van der Waals surface area contributed by atoms with Crippen LogP contribution in [0.2, 0.25) is 0 Å². The lowest BCUT2D eigenvalue weighted by Gasteiger charge is -2.34. The zero-order chi connectivity index (χ0) is 20.2. The summed E-state index contributed by atoms with van der Waals surface area (Å²) in [7, 11) is 0. The van der Waals surface area contributed by atoms with Gasteiger partial charge < -0.3 is 20.0 Å². The molecule has 0 radical (unpaired) electrons. The Morgan fingerprint density at radius 1 is 0.963 bits per heavy atom. The van der Waals surface area contributed by atoms with Crippen LogP contribution in [0.1, 0.15) is 53.9 Å². The van der Waals surface area contributed by atoms with Crippen LogP contribution in [0.5, 0.6) is 0 Å².